The van der Waals surface area contributed by atoms with Gasteiger partial charge < -0.3 is 4.74 Å². The molecule has 5 nitrogen and oxygen atoms in total. The van der Waals surface area contributed by atoms with Crippen LogP contribution in [0.3, 0.4) is 0 Å². The molecule has 1 heterocycles. The van der Waals surface area contributed by atoms with Crippen LogP contribution in [0.2, 0.25) is 0 Å². The summed E-state index contributed by atoms with van der Waals surface area (Å²) in [6, 6.07) is 5.58. The molecule has 2 rings (SSSR count). The van der Waals surface area contributed by atoms with E-state index in [1.807, 2.05) is 6.92 Å². The number of aryl methyl sites for hydroxylation is 1. The van der Waals surface area contributed by atoms with E-state index in [1.165, 1.54) is 18.2 Å². The molecule has 0 aromatic heterocycles. The van der Waals surface area contributed by atoms with Crippen LogP contribution in [0.5, 0.6) is 0 Å². The fraction of sp³-hybridized carbons (Fsp3) is 0.357. The van der Waals surface area contributed by atoms with Gasteiger partial charge >= 0.3 is 6.09 Å². The highest BCUT2D eigenvalue weighted by atomic mass is 32.2. The van der Waals surface area contributed by atoms with E-state index in [9.17, 15) is 13.2 Å². The Hall–Kier alpha value is -1.82. The molecule has 0 radical (unpaired) electrons. The largest absolute Gasteiger partial charge is 0.440 e. The smallest absolute Gasteiger partial charge is 0.425 e. The average molecular weight is 295 g/mol. The first-order valence-corrected chi connectivity index (χ1v) is 7.61. The van der Waals surface area contributed by atoms with Gasteiger partial charge in [0.25, 0.3) is 10.0 Å². The van der Waals surface area contributed by atoms with Crippen molar-refractivity contribution in [1.82, 2.24) is 4.31 Å². The SMILES string of the molecule is C=CC1N(S(=O)(=O)c2ccc(C)cc2)C(=O)OC1(C)C. The number of hydrogen-bond donors (Lipinski definition) is 0. The molecule has 1 atom stereocenters. The van der Waals surface area contributed by atoms with E-state index < -0.39 is 27.8 Å². The lowest BCUT2D eigenvalue weighted by Crippen LogP contribution is -2.43. The second-order valence-corrected chi connectivity index (χ2v) is 7.08. The number of nitrogens with zero attached hydrogens (tertiary/aromatic N) is 1. The Balaban J connectivity index is 2.51. The number of rotatable bonds is 3. The summed E-state index contributed by atoms with van der Waals surface area (Å²) in [5.41, 5.74) is 0.00454. The number of sulfonamides is 1. The van der Waals surface area contributed by atoms with Crippen LogP contribution in [0.25, 0.3) is 0 Å². The van der Waals surface area contributed by atoms with Crippen molar-refractivity contribution in [3.8, 4) is 0 Å². The Labute approximate surface area is 118 Å². The predicted molar refractivity (Wildman–Crippen MR) is 74.7 cm³/mol. The lowest BCUT2D eigenvalue weighted by molar-refractivity contribution is 0.0765. The predicted octanol–water partition coefficient (Wildman–Crippen LogP) is 2.47. The van der Waals surface area contributed by atoms with Gasteiger partial charge in [0, 0.05) is 0 Å². The van der Waals surface area contributed by atoms with Crippen LogP contribution in [-0.2, 0) is 14.8 Å². The maximum atomic E-state index is 12.6. The molecule has 1 aromatic carbocycles. The van der Waals surface area contributed by atoms with E-state index in [4.69, 9.17) is 4.74 Å². The number of hydrogen-bond acceptors (Lipinski definition) is 4. The van der Waals surface area contributed by atoms with E-state index in [2.05, 4.69) is 6.58 Å². The van der Waals surface area contributed by atoms with E-state index in [1.54, 1.807) is 26.0 Å². The third-order valence-corrected chi connectivity index (χ3v) is 5.06. The van der Waals surface area contributed by atoms with Gasteiger partial charge in [0.15, 0.2) is 0 Å². The van der Waals surface area contributed by atoms with Gasteiger partial charge in [-0.3, -0.25) is 0 Å². The maximum Gasteiger partial charge on any atom is 0.425 e. The summed E-state index contributed by atoms with van der Waals surface area (Å²) in [6.07, 6.45) is 0.539. The molecule has 20 heavy (non-hydrogen) atoms. The Morgan fingerprint density at radius 3 is 2.35 bits per heavy atom. The van der Waals surface area contributed by atoms with E-state index in [0.29, 0.717) is 0 Å². The molecule has 1 saturated heterocycles. The molecule has 1 amide bonds. The number of ether oxygens (including phenoxy) is 1. The first-order chi connectivity index (χ1) is 9.20. The lowest BCUT2D eigenvalue weighted by Gasteiger charge is -2.25. The van der Waals surface area contributed by atoms with Gasteiger partial charge in [0.05, 0.1) is 4.90 Å². The first-order valence-electron chi connectivity index (χ1n) is 6.17. The van der Waals surface area contributed by atoms with E-state index in [-0.39, 0.29) is 4.90 Å². The molecule has 6 heteroatoms. The van der Waals surface area contributed by atoms with Gasteiger partial charge in [0.1, 0.15) is 11.6 Å². The fourth-order valence-electron chi connectivity index (χ4n) is 2.18. The zero-order valence-electron chi connectivity index (χ0n) is 11.7. The van der Waals surface area contributed by atoms with Crippen LogP contribution >= 0.6 is 0 Å². The highest BCUT2D eigenvalue weighted by molar-refractivity contribution is 7.89. The van der Waals surface area contributed by atoms with E-state index in [0.717, 1.165) is 9.87 Å². The molecule has 0 N–H and O–H groups in total. The molecular weight excluding hydrogens is 278 g/mol. The van der Waals surface area contributed by atoms with Crippen molar-refractivity contribution in [1.29, 1.82) is 0 Å². The summed E-state index contributed by atoms with van der Waals surface area (Å²) < 4.78 is 31.1. The third kappa shape index (κ3) is 2.20. The molecule has 0 aliphatic carbocycles. The minimum Gasteiger partial charge on any atom is -0.440 e. The normalized spacial score (nSPS) is 21.6. The van der Waals surface area contributed by atoms with E-state index >= 15 is 0 Å². The standard InChI is InChI=1S/C14H17NO4S/c1-5-12-14(3,4)19-13(16)15(12)20(17,18)11-8-6-10(2)7-9-11/h5-9,12H,1H2,2-4H3. The van der Waals surface area contributed by atoms with Crippen molar-refractivity contribution in [3.05, 3.63) is 42.5 Å². The summed E-state index contributed by atoms with van der Waals surface area (Å²) in [5, 5.41) is 0. The van der Waals surface area contributed by atoms with Crippen molar-refractivity contribution in [3.63, 3.8) is 0 Å². The number of carbonyl (C=O) groups excluding carboxylic acids is 1. The topological polar surface area (TPSA) is 63.7 Å². The van der Waals surface area contributed by atoms with Crippen molar-refractivity contribution >= 4 is 16.1 Å². The van der Waals surface area contributed by atoms with Gasteiger partial charge in [-0.2, -0.15) is 4.31 Å². The maximum absolute atomic E-state index is 12.6. The highest BCUT2D eigenvalue weighted by Gasteiger charge is 2.51. The highest BCUT2D eigenvalue weighted by Crippen LogP contribution is 2.34. The second-order valence-electron chi connectivity index (χ2n) is 5.27. The minimum absolute atomic E-state index is 0.0598. The molecule has 0 spiro atoms. The summed E-state index contributed by atoms with van der Waals surface area (Å²) in [6.45, 7) is 8.77. The van der Waals surface area contributed by atoms with Gasteiger partial charge in [-0.15, -0.1) is 6.58 Å². The molecule has 1 aromatic rings. The van der Waals surface area contributed by atoms with Crippen molar-refractivity contribution in [2.75, 3.05) is 0 Å². The zero-order valence-corrected chi connectivity index (χ0v) is 12.5. The molecule has 0 saturated carbocycles. The van der Waals surface area contributed by atoms with Gasteiger partial charge in [-0.25, -0.2) is 13.2 Å². The number of cyclic esters (lactones) is 1. The Morgan fingerprint density at radius 2 is 1.85 bits per heavy atom. The van der Waals surface area contributed by atoms with Crippen LogP contribution in [0.15, 0.2) is 41.8 Å². The molecule has 0 bridgehead atoms. The third-order valence-electron chi connectivity index (χ3n) is 3.30. The Kier molecular flexibility index (Phi) is 3.37. The summed E-state index contributed by atoms with van der Waals surface area (Å²) >= 11 is 0. The molecule has 1 aliphatic rings. The van der Waals surface area contributed by atoms with Gasteiger partial charge in [0.2, 0.25) is 0 Å². The Morgan fingerprint density at radius 1 is 1.30 bits per heavy atom. The van der Waals surface area contributed by atoms with Gasteiger partial charge in [-0.1, -0.05) is 23.8 Å². The zero-order chi connectivity index (χ0) is 15.1. The lowest BCUT2D eigenvalue weighted by atomic mass is 10.0. The number of benzene rings is 1. The number of amides is 1. The summed E-state index contributed by atoms with van der Waals surface area (Å²) in [5.74, 6) is 0. The second kappa shape index (κ2) is 4.63. The van der Waals surface area contributed by atoms with Crippen LogP contribution in [0.4, 0.5) is 4.79 Å². The summed E-state index contributed by atoms with van der Waals surface area (Å²) in [7, 11) is -3.95. The van der Waals surface area contributed by atoms with Crippen molar-refractivity contribution < 1.29 is 17.9 Å². The van der Waals surface area contributed by atoms with Crippen LogP contribution in [-0.4, -0.2) is 30.5 Å². The van der Waals surface area contributed by atoms with Crippen molar-refractivity contribution in [2.24, 2.45) is 0 Å². The molecule has 1 aliphatic heterocycles. The van der Waals surface area contributed by atoms with Crippen LogP contribution in [0, 0.1) is 6.92 Å². The monoisotopic (exact) mass is 295 g/mol. The average Bonchev–Trinajstić information content (AvgIpc) is 2.58. The minimum atomic E-state index is -3.95. The van der Waals surface area contributed by atoms with Gasteiger partial charge in [-0.05, 0) is 32.9 Å². The molecular formula is C14H17NO4S. The fourth-order valence-corrected chi connectivity index (χ4v) is 3.76. The van der Waals surface area contributed by atoms with Crippen LogP contribution in [0.1, 0.15) is 19.4 Å². The summed E-state index contributed by atoms with van der Waals surface area (Å²) in [4.78, 5) is 12.0. The first kappa shape index (κ1) is 14.6. The number of carbonyl (C=O) groups is 1. The molecule has 1 unspecified atom stereocenters. The Bertz CT molecular complexity index is 646. The quantitative estimate of drug-likeness (QED) is 0.804. The molecule has 108 valence electrons. The molecule has 1 fully saturated rings. The van der Waals surface area contributed by atoms with Crippen LogP contribution < -0.4 is 0 Å². The van der Waals surface area contributed by atoms with Crippen molar-refractivity contribution in [2.45, 2.75) is 37.3 Å².